The summed E-state index contributed by atoms with van der Waals surface area (Å²) in [4.78, 5) is 26.6. The zero-order valence-electron chi connectivity index (χ0n) is 9.75. The van der Waals surface area contributed by atoms with E-state index >= 15 is 0 Å². The van der Waals surface area contributed by atoms with Crippen LogP contribution in [0.1, 0.15) is 26.4 Å². The molecule has 7 nitrogen and oxygen atoms in total. The van der Waals surface area contributed by atoms with Gasteiger partial charge in [0, 0.05) is 6.20 Å². The van der Waals surface area contributed by atoms with Crippen LogP contribution in [0.2, 0.25) is 0 Å². The highest BCUT2D eigenvalue weighted by Gasteiger charge is 2.20. The molecular formula is C11H9N3O4S. The van der Waals surface area contributed by atoms with Gasteiger partial charge in [-0.05, 0) is 24.5 Å². The summed E-state index contributed by atoms with van der Waals surface area (Å²) in [6.45, 7) is 1.54. The molecule has 2 rings (SSSR count). The Bertz CT molecular complexity index is 653. The van der Waals surface area contributed by atoms with Gasteiger partial charge in [0.05, 0.1) is 17.5 Å². The zero-order chi connectivity index (χ0) is 14.0. The van der Waals surface area contributed by atoms with Crippen molar-refractivity contribution >= 4 is 28.4 Å². The number of anilines is 1. The molecule has 98 valence electrons. The molecule has 0 spiro atoms. The molecule has 2 aromatic rings. The predicted molar refractivity (Wildman–Crippen MR) is 67.7 cm³/mol. The number of carboxylic acid groups (broad SMARTS) is 1. The van der Waals surface area contributed by atoms with Gasteiger partial charge in [-0.3, -0.25) is 9.78 Å². The molecule has 0 fully saturated rings. The van der Waals surface area contributed by atoms with Crippen LogP contribution in [0.4, 0.5) is 5.00 Å². The SMILES string of the molecule is Cc1nsc(NC(=O)c2ccncc2O)c1C(=O)O. The van der Waals surface area contributed by atoms with Crippen LogP contribution in [-0.2, 0) is 0 Å². The predicted octanol–water partition coefficient (Wildman–Crippen LogP) is 1.50. The van der Waals surface area contributed by atoms with E-state index < -0.39 is 11.9 Å². The molecule has 0 radical (unpaired) electrons. The van der Waals surface area contributed by atoms with Gasteiger partial charge in [0.1, 0.15) is 16.3 Å². The Morgan fingerprint density at radius 1 is 1.42 bits per heavy atom. The van der Waals surface area contributed by atoms with Crippen molar-refractivity contribution in [3.05, 3.63) is 35.3 Å². The van der Waals surface area contributed by atoms with E-state index in [-0.39, 0.29) is 21.9 Å². The van der Waals surface area contributed by atoms with Gasteiger partial charge in [0.25, 0.3) is 5.91 Å². The van der Waals surface area contributed by atoms with Crippen molar-refractivity contribution < 1.29 is 19.8 Å². The number of carboxylic acids is 1. The minimum atomic E-state index is -1.17. The molecular weight excluding hydrogens is 270 g/mol. The summed E-state index contributed by atoms with van der Waals surface area (Å²) in [5.74, 6) is -2.07. The lowest BCUT2D eigenvalue weighted by Gasteiger charge is -2.05. The van der Waals surface area contributed by atoms with E-state index in [1.54, 1.807) is 6.92 Å². The lowest BCUT2D eigenvalue weighted by Crippen LogP contribution is -2.13. The van der Waals surface area contributed by atoms with Gasteiger partial charge >= 0.3 is 5.97 Å². The summed E-state index contributed by atoms with van der Waals surface area (Å²) in [5, 5.41) is 21.1. The van der Waals surface area contributed by atoms with E-state index in [1.807, 2.05) is 0 Å². The molecule has 1 amide bonds. The molecule has 0 unspecified atom stereocenters. The first-order valence-electron chi connectivity index (χ1n) is 5.14. The number of hydrogen-bond donors (Lipinski definition) is 3. The van der Waals surface area contributed by atoms with Gasteiger partial charge in [-0.15, -0.1) is 0 Å². The van der Waals surface area contributed by atoms with E-state index in [0.29, 0.717) is 5.69 Å². The van der Waals surface area contributed by atoms with Crippen LogP contribution in [0.15, 0.2) is 18.5 Å². The second-order valence-corrected chi connectivity index (χ2v) is 4.40. The van der Waals surface area contributed by atoms with E-state index in [1.165, 1.54) is 12.3 Å². The molecule has 19 heavy (non-hydrogen) atoms. The third kappa shape index (κ3) is 2.52. The Hall–Kier alpha value is -2.48. The van der Waals surface area contributed by atoms with Crippen LogP contribution >= 0.6 is 11.5 Å². The van der Waals surface area contributed by atoms with Crippen molar-refractivity contribution in [2.75, 3.05) is 5.32 Å². The molecule has 0 aliphatic heterocycles. The number of aromatic carboxylic acids is 1. The zero-order valence-corrected chi connectivity index (χ0v) is 10.6. The van der Waals surface area contributed by atoms with Gasteiger partial charge in [0.2, 0.25) is 0 Å². The van der Waals surface area contributed by atoms with Crippen LogP contribution in [0.5, 0.6) is 5.75 Å². The summed E-state index contributed by atoms with van der Waals surface area (Å²) in [5.41, 5.74) is 0.288. The van der Waals surface area contributed by atoms with E-state index in [9.17, 15) is 14.7 Å². The van der Waals surface area contributed by atoms with E-state index in [4.69, 9.17) is 5.11 Å². The third-order valence-corrected chi connectivity index (χ3v) is 3.20. The minimum absolute atomic E-state index is 0.0115. The summed E-state index contributed by atoms with van der Waals surface area (Å²) < 4.78 is 3.88. The molecule has 0 aliphatic rings. The standard InChI is InChI=1S/C11H9N3O4S/c1-5-8(11(17)18)10(19-14-5)13-9(16)6-2-3-12-4-7(6)15/h2-4,15H,1H3,(H,13,16)(H,17,18). The number of carbonyl (C=O) groups excluding carboxylic acids is 1. The van der Waals surface area contributed by atoms with Gasteiger partial charge in [0.15, 0.2) is 0 Å². The molecule has 8 heteroatoms. The third-order valence-electron chi connectivity index (χ3n) is 2.35. The smallest absolute Gasteiger partial charge is 0.340 e. The average Bonchev–Trinajstić information content (AvgIpc) is 2.70. The second-order valence-electron chi connectivity index (χ2n) is 3.62. The lowest BCUT2D eigenvalue weighted by atomic mass is 10.2. The Labute approximate surface area is 111 Å². The Morgan fingerprint density at radius 3 is 2.79 bits per heavy atom. The van der Waals surface area contributed by atoms with E-state index in [2.05, 4.69) is 14.7 Å². The van der Waals surface area contributed by atoms with Gasteiger partial charge in [-0.2, -0.15) is 4.37 Å². The fourth-order valence-electron chi connectivity index (χ4n) is 1.46. The second kappa shape index (κ2) is 5.02. The normalized spacial score (nSPS) is 10.2. The number of pyridine rings is 1. The van der Waals surface area contributed by atoms with Crippen molar-refractivity contribution in [2.45, 2.75) is 6.92 Å². The maximum Gasteiger partial charge on any atom is 0.340 e. The maximum atomic E-state index is 11.9. The van der Waals surface area contributed by atoms with Gasteiger partial charge in [-0.1, -0.05) is 0 Å². The fourth-order valence-corrected chi connectivity index (χ4v) is 2.24. The highest BCUT2D eigenvalue weighted by atomic mass is 32.1. The van der Waals surface area contributed by atoms with Crippen LogP contribution in [0, 0.1) is 6.92 Å². The molecule has 0 aromatic carbocycles. The first-order chi connectivity index (χ1) is 9.00. The number of aromatic hydroxyl groups is 1. The van der Waals surface area contributed by atoms with Crippen molar-refractivity contribution in [3.63, 3.8) is 0 Å². The molecule has 2 heterocycles. The van der Waals surface area contributed by atoms with Crippen LogP contribution in [-0.4, -0.2) is 31.4 Å². The number of rotatable bonds is 3. The van der Waals surface area contributed by atoms with Gasteiger partial charge in [-0.25, -0.2) is 4.79 Å². The first-order valence-corrected chi connectivity index (χ1v) is 5.92. The van der Waals surface area contributed by atoms with E-state index in [0.717, 1.165) is 17.7 Å². The fraction of sp³-hybridized carbons (Fsp3) is 0.0909. The minimum Gasteiger partial charge on any atom is -0.505 e. The highest BCUT2D eigenvalue weighted by molar-refractivity contribution is 7.11. The molecule has 0 saturated carbocycles. The lowest BCUT2D eigenvalue weighted by molar-refractivity contribution is 0.0697. The summed E-state index contributed by atoms with van der Waals surface area (Å²) in [6.07, 6.45) is 2.48. The Morgan fingerprint density at radius 2 is 2.16 bits per heavy atom. The quantitative estimate of drug-likeness (QED) is 0.784. The monoisotopic (exact) mass is 279 g/mol. The molecule has 0 aliphatic carbocycles. The van der Waals surface area contributed by atoms with Crippen molar-refractivity contribution in [1.29, 1.82) is 0 Å². The number of aryl methyl sites for hydroxylation is 1. The Balaban J connectivity index is 2.30. The molecule has 2 aromatic heterocycles. The summed E-state index contributed by atoms with van der Waals surface area (Å²) >= 11 is 0.873. The number of aromatic nitrogens is 2. The van der Waals surface area contributed by atoms with Crippen LogP contribution in [0.3, 0.4) is 0 Å². The first kappa shape index (κ1) is 13.0. The van der Waals surface area contributed by atoms with Crippen LogP contribution in [0.25, 0.3) is 0 Å². The number of amides is 1. The van der Waals surface area contributed by atoms with Crippen molar-refractivity contribution in [1.82, 2.24) is 9.36 Å². The van der Waals surface area contributed by atoms with Crippen LogP contribution < -0.4 is 5.32 Å². The number of nitrogens with zero attached hydrogens (tertiary/aromatic N) is 2. The maximum absolute atomic E-state index is 11.9. The average molecular weight is 279 g/mol. The molecule has 3 N–H and O–H groups in total. The van der Waals surface area contributed by atoms with Crippen molar-refractivity contribution in [3.8, 4) is 5.75 Å². The van der Waals surface area contributed by atoms with Gasteiger partial charge < -0.3 is 15.5 Å². The Kier molecular flexibility index (Phi) is 3.43. The summed E-state index contributed by atoms with van der Waals surface area (Å²) in [7, 11) is 0. The molecule has 0 atom stereocenters. The number of carbonyl (C=O) groups is 2. The van der Waals surface area contributed by atoms with Crippen molar-refractivity contribution in [2.24, 2.45) is 0 Å². The summed E-state index contributed by atoms with van der Waals surface area (Å²) in [6, 6.07) is 1.33. The number of hydrogen-bond acceptors (Lipinski definition) is 6. The molecule has 0 bridgehead atoms. The topological polar surface area (TPSA) is 112 Å². The molecule has 0 saturated heterocycles. The highest BCUT2D eigenvalue weighted by Crippen LogP contribution is 2.26. The largest absolute Gasteiger partial charge is 0.505 e. The number of nitrogens with one attached hydrogen (secondary N) is 1.